The third-order valence-electron chi connectivity index (χ3n) is 5.71. The smallest absolute Gasteiger partial charge is 0.339 e. The maximum Gasteiger partial charge on any atom is 0.339 e. The van der Waals surface area contributed by atoms with E-state index in [4.69, 9.17) is 14.6 Å². The molecule has 4 aromatic rings. The number of hydrogen-bond donors (Lipinski definition) is 5. The molecular formula is C27H28N10O12S2. The van der Waals surface area contributed by atoms with Crippen LogP contribution in [0.4, 0.5) is 21.5 Å². The van der Waals surface area contributed by atoms with Gasteiger partial charge in [0.25, 0.3) is 20.0 Å². The number of methoxy groups -OCH3 is 3. The van der Waals surface area contributed by atoms with Gasteiger partial charge in [0.1, 0.15) is 21.4 Å². The molecule has 0 saturated carbocycles. The van der Waals surface area contributed by atoms with E-state index in [1.165, 1.54) is 58.4 Å². The first kappa shape index (κ1) is 38.9. The van der Waals surface area contributed by atoms with Crippen LogP contribution in [0, 0.1) is 13.8 Å². The second-order valence-corrected chi connectivity index (χ2v) is 12.6. The Morgan fingerprint density at radius 1 is 0.608 bits per heavy atom. The average Bonchev–Trinajstić information content (AvgIpc) is 3.06. The summed E-state index contributed by atoms with van der Waals surface area (Å²) in [6.45, 7) is 3.06. The molecular weight excluding hydrogens is 720 g/mol. The lowest BCUT2D eigenvalue weighted by molar-refractivity contribution is 0.0595. The van der Waals surface area contributed by atoms with E-state index in [2.05, 4.69) is 45.3 Å². The zero-order chi connectivity index (χ0) is 37.9. The normalized spacial score (nSPS) is 10.8. The summed E-state index contributed by atoms with van der Waals surface area (Å²) in [7, 11) is -5.03. The van der Waals surface area contributed by atoms with E-state index >= 15 is 0 Å². The fraction of sp³-hybridized carbons (Fsp3) is 0.185. The Morgan fingerprint density at radius 2 is 1.00 bits per heavy atom. The first-order chi connectivity index (χ1) is 24.0. The van der Waals surface area contributed by atoms with Gasteiger partial charge in [-0.25, -0.2) is 45.5 Å². The van der Waals surface area contributed by atoms with E-state index in [1.807, 2.05) is 0 Å². The predicted octanol–water partition coefficient (Wildman–Crippen LogP) is 0.883. The number of benzene rings is 2. The monoisotopic (exact) mass is 748 g/mol. The third kappa shape index (κ3) is 10.7. The molecule has 0 saturated heterocycles. The van der Waals surface area contributed by atoms with E-state index in [1.54, 1.807) is 9.44 Å². The van der Waals surface area contributed by atoms with Crippen LogP contribution in [0.5, 0.6) is 12.0 Å². The predicted molar refractivity (Wildman–Crippen MR) is 172 cm³/mol. The molecule has 5 N–H and O–H groups in total. The number of rotatable bonds is 10. The highest BCUT2D eigenvalue weighted by Crippen LogP contribution is 2.17. The number of amides is 4. The topological polar surface area (TPSA) is 310 Å². The van der Waals surface area contributed by atoms with E-state index in [-0.39, 0.29) is 41.1 Å². The Kier molecular flexibility index (Phi) is 12.7. The molecule has 0 bridgehead atoms. The van der Waals surface area contributed by atoms with Gasteiger partial charge < -0.3 is 19.3 Å². The Bertz CT molecular complexity index is 2180. The van der Waals surface area contributed by atoms with Crippen molar-refractivity contribution in [2.24, 2.45) is 0 Å². The molecule has 2 heterocycles. The number of carboxylic acids is 1. The van der Waals surface area contributed by atoms with Gasteiger partial charge in [-0.1, -0.05) is 24.3 Å². The van der Waals surface area contributed by atoms with E-state index < -0.39 is 59.4 Å². The fourth-order valence-corrected chi connectivity index (χ4v) is 5.89. The molecule has 0 aliphatic heterocycles. The second-order valence-electron chi connectivity index (χ2n) is 9.29. The van der Waals surface area contributed by atoms with Gasteiger partial charge in [0.05, 0.1) is 32.5 Å². The van der Waals surface area contributed by atoms with Gasteiger partial charge >= 0.3 is 36.0 Å². The molecule has 270 valence electrons. The van der Waals surface area contributed by atoms with Crippen LogP contribution in [0.1, 0.15) is 32.4 Å². The van der Waals surface area contributed by atoms with Crippen molar-refractivity contribution < 1.29 is 55.3 Å². The fourth-order valence-electron chi connectivity index (χ4n) is 3.67. The number of carboxylic acid groups (broad SMARTS) is 1. The molecule has 2 aromatic carbocycles. The highest BCUT2D eigenvalue weighted by Gasteiger charge is 2.26. The molecule has 51 heavy (non-hydrogen) atoms. The zero-order valence-corrected chi connectivity index (χ0v) is 28.7. The van der Waals surface area contributed by atoms with Crippen LogP contribution >= 0.6 is 0 Å². The summed E-state index contributed by atoms with van der Waals surface area (Å²) in [5.41, 5.74) is -0.687. The van der Waals surface area contributed by atoms with E-state index in [9.17, 15) is 36.0 Å². The molecule has 0 unspecified atom stereocenters. The van der Waals surface area contributed by atoms with Gasteiger partial charge in [-0.3, -0.25) is 10.6 Å². The van der Waals surface area contributed by atoms with Crippen LogP contribution < -0.4 is 29.6 Å². The molecule has 24 heteroatoms. The lowest BCUT2D eigenvalue weighted by atomic mass is 10.2. The Hall–Kier alpha value is -6.56. The van der Waals surface area contributed by atoms with Crippen LogP contribution in [0.25, 0.3) is 0 Å². The third-order valence-corrected chi connectivity index (χ3v) is 8.49. The molecule has 4 amide bonds. The first-order valence-corrected chi connectivity index (χ1v) is 16.7. The summed E-state index contributed by atoms with van der Waals surface area (Å²) >= 11 is 0. The maximum atomic E-state index is 12.4. The Balaban J connectivity index is 0.000000276. The molecule has 0 fully saturated rings. The number of esters is 1. The van der Waals surface area contributed by atoms with Gasteiger partial charge in [-0.05, 0) is 38.1 Å². The molecule has 0 aliphatic rings. The van der Waals surface area contributed by atoms with Crippen molar-refractivity contribution in [1.82, 2.24) is 39.3 Å². The van der Waals surface area contributed by atoms with Gasteiger partial charge in [0, 0.05) is 0 Å². The largest absolute Gasteiger partial charge is 0.478 e. The second kappa shape index (κ2) is 16.7. The van der Waals surface area contributed by atoms with Gasteiger partial charge in [0.2, 0.25) is 11.9 Å². The molecule has 22 nitrogen and oxygen atoms in total. The zero-order valence-electron chi connectivity index (χ0n) is 27.1. The summed E-state index contributed by atoms with van der Waals surface area (Å²) in [6, 6.07) is 7.74. The van der Waals surface area contributed by atoms with Gasteiger partial charge in [0.15, 0.2) is 0 Å². The number of sulfonamides is 2. The number of carbonyl (C=O) groups excluding carboxylic acids is 3. The standard InChI is InChI=1S/C14H15N5O6S.C13H13N5O6S/c1-8-15-12(18-14(16-8)25-3)17-13(21)19-26(22,23)10-7-5-4-6-9(10)11(20)24-2;1-7-14-11(17-13(15-7)24-2)16-12(21)18-25(22,23)9-6-4-3-5-8(9)10(19)20/h4-7H,1-3H3,(H2,15,16,17,18,19,21);3-6H,1-2H3,(H,19,20)(H2,14,15,16,17,18,21). The van der Waals surface area contributed by atoms with Crippen molar-refractivity contribution in [3.05, 3.63) is 71.3 Å². The maximum absolute atomic E-state index is 12.4. The summed E-state index contributed by atoms with van der Waals surface area (Å²) in [4.78, 5) is 68.6. The van der Waals surface area contributed by atoms with Crippen molar-refractivity contribution >= 4 is 55.9 Å². The highest BCUT2D eigenvalue weighted by atomic mass is 32.2. The SMILES string of the molecule is COC(=O)c1ccccc1S(=O)(=O)NC(=O)Nc1nc(C)nc(OC)n1.COc1nc(C)nc(NC(=O)NS(=O)(=O)c2ccccc2C(=O)O)n1. The minimum absolute atomic E-state index is 0.0494. The van der Waals surface area contributed by atoms with Crippen LogP contribution in [0.2, 0.25) is 0 Å². The first-order valence-electron chi connectivity index (χ1n) is 13.7. The number of carbonyl (C=O) groups is 4. The van der Waals surface area contributed by atoms with Crippen molar-refractivity contribution in [3.63, 3.8) is 0 Å². The van der Waals surface area contributed by atoms with Gasteiger partial charge in [-0.15, -0.1) is 0 Å². The number of aryl methyl sites for hydroxylation is 2. The Labute approximate surface area is 289 Å². The van der Waals surface area contributed by atoms with Crippen LogP contribution in [-0.2, 0) is 24.8 Å². The summed E-state index contributed by atoms with van der Waals surface area (Å²) < 4.78 is 66.9. The number of hydrogen-bond acceptors (Lipinski definition) is 17. The number of nitrogens with zero attached hydrogens (tertiary/aromatic N) is 6. The molecule has 4 rings (SSSR count). The van der Waals surface area contributed by atoms with Crippen molar-refractivity contribution in [3.8, 4) is 12.0 Å². The quantitative estimate of drug-likeness (QED) is 0.141. The number of ether oxygens (including phenoxy) is 3. The number of aromatic carboxylic acids is 1. The molecule has 2 aromatic heterocycles. The number of aromatic nitrogens is 6. The molecule has 0 atom stereocenters. The summed E-state index contributed by atoms with van der Waals surface area (Å²) in [6.07, 6.45) is 0. The minimum atomic E-state index is -4.43. The van der Waals surface area contributed by atoms with Gasteiger partial charge in [-0.2, -0.15) is 29.9 Å². The minimum Gasteiger partial charge on any atom is -0.478 e. The molecule has 0 spiro atoms. The van der Waals surface area contributed by atoms with Crippen LogP contribution in [0.3, 0.4) is 0 Å². The average molecular weight is 749 g/mol. The van der Waals surface area contributed by atoms with E-state index in [0.717, 1.165) is 25.3 Å². The van der Waals surface area contributed by atoms with Crippen LogP contribution in [-0.4, -0.2) is 97.2 Å². The lowest BCUT2D eigenvalue weighted by Crippen LogP contribution is -2.35. The number of nitrogens with one attached hydrogen (secondary N) is 4. The molecule has 0 aliphatic carbocycles. The van der Waals surface area contributed by atoms with Crippen molar-refractivity contribution in [2.75, 3.05) is 32.0 Å². The Morgan fingerprint density at radius 3 is 1.39 bits per heavy atom. The van der Waals surface area contributed by atoms with E-state index in [0.29, 0.717) is 0 Å². The number of anilines is 2. The summed E-state index contributed by atoms with van der Waals surface area (Å²) in [5.74, 6) is -2.25. The van der Waals surface area contributed by atoms with Crippen molar-refractivity contribution in [1.29, 1.82) is 0 Å². The van der Waals surface area contributed by atoms with Crippen LogP contribution in [0.15, 0.2) is 58.3 Å². The number of urea groups is 2. The lowest BCUT2D eigenvalue weighted by Gasteiger charge is -2.11. The molecule has 0 radical (unpaired) electrons. The highest BCUT2D eigenvalue weighted by molar-refractivity contribution is 7.90. The van der Waals surface area contributed by atoms with Crippen molar-refractivity contribution in [2.45, 2.75) is 23.6 Å². The summed E-state index contributed by atoms with van der Waals surface area (Å²) in [5, 5.41) is 13.3.